The Morgan fingerprint density at radius 2 is 1.91 bits per heavy atom. The van der Waals surface area contributed by atoms with Crippen LogP contribution >= 0.6 is 0 Å². The molecular weight excluding hydrogens is 134 g/mol. The minimum Gasteiger partial charge on any atom is -0.324 e. The summed E-state index contributed by atoms with van der Waals surface area (Å²) < 4.78 is 1.44. The molecular formula is C10H20N+. The summed E-state index contributed by atoms with van der Waals surface area (Å²) in [4.78, 5) is 0. The molecule has 0 radical (unpaired) electrons. The molecule has 0 amide bonds. The van der Waals surface area contributed by atoms with Gasteiger partial charge in [0.05, 0.1) is 26.2 Å². The second-order valence-corrected chi connectivity index (χ2v) is 4.60. The van der Waals surface area contributed by atoms with Crippen molar-refractivity contribution in [3.8, 4) is 0 Å². The van der Waals surface area contributed by atoms with Gasteiger partial charge in [-0.25, -0.2) is 0 Å². The quantitative estimate of drug-likeness (QED) is 0.506. The van der Waals surface area contributed by atoms with Crippen molar-refractivity contribution in [2.24, 2.45) is 11.8 Å². The number of piperidine rings is 3. The second kappa shape index (κ2) is 2.48. The molecule has 3 saturated heterocycles. The van der Waals surface area contributed by atoms with Gasteiger partial charge in [0.25, 0.3) is 0 Å². The Labute approximate surface area is 70.0 Å². The Hall–Kier alpha value is -0.0400. The van der Waals surface area contributed by atoms with E-state index in [0.29, 0.717) is 0 Å². The molecule has 3 heterocycles. The Morgan fingerprint density at radius 1 is 1.27 bits per heavy atom. The van der Waals surface area contributed by atoms with Crippen molar-refractivity contribution in [3.63, 3.8) is 0 Å². The van der Waals surface area contributed by atoms with Gasteiger partial charge in [0.2, 0.25) is 0 Å². The molecule has 0 aromatic heterocycles. The molecule has 0 N–H and O–H groups in total. The third-order valence-corrected chi connectivity index (χ3v) is 4.10. The minimum absolute atomic E-state index is 1.01. The molecule has 11 heavy (non-hydrogen) atoms. The largest absolute Gasteiger partial charge is 0.324 e. The maximum absolute atomic E-state index is 2.45. The molecule has 0 aromatic carbocycles. The fourth-order valence-corrected chi connectivity index (χ4v) is 3.09. The van der Waals surface area contributed by atoms with E-state index in [1.807, 2.05) is 0 Å². The van der Waals surface area contributed by atoms with Gasteiger partial charge in [-0.3, -0.25) is 0 Å². The van der Waals surface area contributed by atoms with Crippen molar-refractivity contribution in [2.75, 3.05) is 26.2 Å². The Morgan fingerprint density at radius 3 is 2.27 bits per heavy atom. The average molecular weight is 154 g/mol. The first kappa shape index (κ1) is 7.60. The Balaban J connectivity index is 2.12. The van der Waals surface area contributed by atoms with E-state index in [1.54, 1.807) is 0 Å². The smallest absolute Gasteiger partial charge is 0.0815 e. The Kier molecular flexibility index (Phi) is 1.71. The van der Waals surface area contributed by atoms with Gasteiger partial charge in [-0.1, -0.05) is 6.92 Å². The first-order valence-electron chi connectivity index (χ1n) is 5.11. The van der Waals surface area contributed by atoms with Crippen molar-refractivity contribution >= 4 is 0 Å². The normalized spacial score (nSPS) is 49.6. The zero-order chi connectivity index (χ0) is 7.90. The lowest BCUT2D eigenvalue weighted by Crippen LogP contribution is -2.60. The first-order valence-corrected chi connectivity index (χ1v) is 5.11. The van der Waals surface area contributed by atoms with Crippen LogP contribution in [-0.4, -0.2) is 30.7 Å². The first-order chi connectivity index (χ1) is 5.26. The molecule has 0 aromatic rings. The van der Waals surface area contributed by atoms with Gasteiger partial charge >= 0.3 is 0 Å². The average Bonchev–Trinajstić information content (AvgIpc) is 2.06. The summed E-state index contributed by atoms with van der Waals surface area (Å²) in [5.74, 6) is 2.10. The molecule has 3 aliphatic heterocycles. The molecule has 64 valence electrons. The number of rotatable bonds is 1. The van der Waals surface area contributed by atoms with Gasteiger partial charge in [0.1, 0.15) is 0 Å². The van der Waals surface area contributed by atoms with Gasteiger partial charge < -0.3 is 4.48 Å². The van der Waals surface area contributed by atoms with Crippen molar-refractivity contribution in [1.82, 2.24) is 0 Å². The van der Waals surface area contributed by atoms with Crippen LogP contribution < -0.4 is 0 Å². The standard InChI is InChI=1S/C10H20N/c1-3-11-6-4-10(5-7-11)9(2)8-11/h9-10H,3-8H2,1-2H3/q+1/t9-,10?,11?/m1/s1. The van der Waals surface area contributed by atoms with E-state index in [0.717, 1.165) is 11.8 Å². The SMILES string of the molecule is CC[N+]12CCC(CC1)[C@H](C)C2. The Bertz CT molecular complexity index is 145. The van der Waals surface area contributed by atoms with E-state index in [1.165, 1.54) is 43.5 Å². The predicted octanol–water partition coefficient (Wildman–Crippen LogP) is 1.88. The number of hydrogen-bond donors (Lipinski definition) is 0. The van der Waals surface area contributed by atoms with Crippen LogP contribution in [0.2, 0.25) is 0 Å². The van der Waals surface area contributed by atoms with Crippen LogP contribution in [0.3, 0.4) is 0 Å². The third kappa shape index (κ3) is 1.10. The van der Waals surface area contributed by atoms with Gasteiger partial charge in [-0.15, -0.1) is 0 Å². The summed E-state index contributed by atoms with van der Waals surface area (Å²) >= 11 is 0. The van der Waals surface area contributed by atoms with Crippen LogP contribution in [0, 0.1) is 11.8 Å². The highest BCUT2D eigenvalue weighted by Crippen LogP contribution is 2.36. The number of fused-ring (bicyclic) bond motifs is 3. The highest BCUT2D eigenvalue weighted by Gasteiger charge is 2.42. The third-order valence-electron chi connectivity index (χ3n) is 4.10. The van der Waals surface area contributed by atoms with Crippen LogP contribution in [0.4, 0.5) is 0 Å². The zero-order valence-electron chi connectivity index (χ0n) is 7.84. The summed E-state index contributed by atoms with van der Waals surface area (Å²) in [6, 6.07) is 0. The topological polar surface area (TPSA) is 0 Å². The fourth-order valence-electron chi connectivity index (χ4n) is 3.09. The van der Waals surface area contributed by atoms with Crippen molar-refractivity contribution in [1.29, 1.82) is 0 Å². The lowest BCUT2D eigenvalue weighted by molar-refractivity contribution is -0.945. The highest BCUT2D eigenvalue weighted by molar-refractivity contribution is 4.76. The van der Waals surface area contributed by atoms with E-state index in [9.17, 15) is 0 Å². The van der Waals surface area contributed by atoms with Crippen LogP contribution in [0.15, 0.2) is 0 Å². The van der Waals surface area contributed by atoms with Gasteiger partial charge in [-0.05, 0) is 12.8 Å². The summed E-state index contributed by atoms with van der Waals surface area (Å²) in [7, 11) is 0. The molecule has 2 bridgehead atoms. The highest BCUT2D eigenvalue weighted by atomic mass is 15.4. The predicted molar refractivity (Wildman–Crippen MR) is 47.3 cm³/mol. The summed E-state index contributed by atoms with van der Waals surface area (Å²) in [5.41, 5.74) is 0. The van der Waals surface area contributed by atoms with Gasteiger partial charge in [0.15, 0.2) is 0 Å². The molecule has 3 fully saturated rings. The lowest BCUT2D eigenvalue weighted by atomic mass is 9.78. The van der Waals surface area contributed by atoms with Crippen molar-refractivity contribution in [3.05, 3.63) is 0 Å². The van der Waals surface area contributed by atoms with Crippen LogP contribution in [0.5, 0.6) is 0 Å². The summed E-state index contributed by atoms with van der Waals surface area (Å²) in [6.07, 6.45) is 3.02. The van der Waals surface area contributed by atoms with Crippen molar-refractivity contribution < 1.29 is 4.48 Å². The number of nitrogens with zero attached hydrogens (tertiary/aromatic N) is 1. The van der Waals surface area contributed by atoms with Gasteiger partial charge in [0, 0.05) is 18.8 Å². The summed E-state index contributed by atoms with van der Waals surface area (Å²) in [6.45, 7) is 10.6. The molecule has 0 unspecified atom stereocenters. The monoisotopic (exact) mass is 154 g/mol. The molecule has 0 spiro atoms. The maximum atomic E-state index is 2.45. The minimum atomic E-state index is 1.01. The molecule has 1 nitrogen and oxygen atoms in total. The molecule has 1 heteroatoms. The summed E-state index contributed by atoms with van der Waals surface area (Å²) in [5, 5.41) is 0. The van der Waals surface area contributed by atoms with Crippen molar-refractivity contribution in [2.45, 2.75) is 26.7 Å². The van der Waals surface area contributed by atoms with E-state index in [-0.39, 0.29) is 0 Å². The number of hydrogen-bond acceptors (Lipinski definition) is 0. The van der Waals surface area contributed by atoms with E-state index < -0.39 is 0 Å². The second-order valence-electron chi connectivity index (χ2n) is 4.60. The maximum Gasteiger partial charge on any atom is 0.0815 e. The molecule has 3 rings (SSSR count). The van der Waals surface area contributed by atoms with E-state index in [2.05, 4.69) is 13.8 Å². The van der Waals surface area contributed by atoms with Crippen LogP contribution in [0.1, 0.15) is 26.7 Å². The molecule has 0 aliphatic carbocycles. The van der Waals surface area contributed by atoms with E-state index in [4.69, 9.17) is 0 Å². The van der Waals surface area contributed by atoms with Gasteiger partial charge in [-0.2, -0.15) is 0 Å². The van der Waals surface area contributed by atoms with Crippen LogP contribution in [0.25, 0.3) is 0 Å². The number of quaternary nitrogens is 1. The molecule has 1 atom stereocenters. The zero-order valence-corrected chi connectivity index (χ0v) is 7.84. The molecule has 3 aliphatic rings. The molecule has 0 saturated carbocycles. The lowest BCUT2D eigenvalue weighted by Gasteiger charge is -2.51. The fraction of sp³-hybridized carbons (Fsp3) is 1.00. The van der Waals surface area contributed by atoms with Crippen LogP contribution in [-0.2, 0) is 0 Å². The van der Waals surface area contributed by atoms with E-state index >= 15 is 0 Å².